The SMILES string of the molecule is CCCCCCCN1C[C@H]2N(C(=O)CN(C)N2C(=O)NCc2ccc(F)cc2)[C@@H](c2ccccc2)C1=O. The van der Waals surface area contributed by atoms with E-state index in [2.05, 4.69) is 12.2 Å². The zero-order chi connectivity index (χ0) is 26.4. The van der Waals surface area contributed by atoms with Gasteiger partial charge in [-0.3, -0.25) is 9.59 Å². The first kappa shape index (κ1) is 26.6. The van der Waals surface area contributed by atoms with Crippen LogP contribution < -0.4 is 5.32 Å². The molecule has 2 heterocycles. The highest BCUT2D eigenvalue weighted by atomic mass is 19.1. The number of amides is 4. The van der Waals surface area contributed by atoms with Crippen molar-refractivity contribution in [3.63, 3.8) is 0 Å². The van der Waals surface area contributed by atoms with Crippen molar-refractivity contribution in [2.75, 3.05) is 26.7 Å². The lowest BCUT2D eigenvalue weighted by Crippen LogP contribution is -2.73. The first-order valence-electron chi connectivity index (χ1n) is 13.1. The number of carbonyl (C=O) groups is 3. The van der Waals surface area contributed by atoms with Gasteiger partial charge in [0.15, 0.2) is 0 Å². The third kappa shape index (κ3) is 6.10. The van der Waals surface area contributed by atoms with Gasteiger partial charge in [0, 0.05) is 20.1 Å². The first-order chi connectivity index (χ1) is 17.9. The van der Waals surface area contributed by atoms with Crippen molar-refractivity contribution in [1.82, 2.24) is 25.1 Å². The number of nitrogens with zero attached hydrogens (tertiary/aromatic N) is 4. The lowest BCUT2D eigenvalue weighted by atomic mass is 9.98. The molecule has 198 valence electrons. The van der Waals surface area contributed by atoms with E-state index in [0.717, 1.165) is 43.2 Å². The van der Waals surface area contributed by atoms with Crippen molar-refractivity contribution >= 4 is 17.8 Å². The minimum Gasteiger partial charge on any atom is -0.337 e. The fraction of sp³-hybridized carbons (Fsp3) is 0.464. The quantitative estimate of drug-likeness (QED) is 0.520. The second kappa shape index (κ2) is 12.2. The third-order valence-corrected chi connectivity index (χ3v) is 7.04. The van der Waals surface area contributed by atoms with Crippen LogP contribution in [-0.4, -0.2) is 70.5 Å². The number of carbonyl (C=O) groups excluding carboxylic acids is 3. The van der Waals surface area contributed by atoms with Crippen molar-refractivity contribution in [3.05, 3.63) is 71.5 Å². The van der Waals surface area contributed by atoms with Gasteiger partial charge in [-0.1, -0.05) is 75.1 Å². The molecule has 0 unspecified atom stereocenters. The van der Waals surface area contributed by atoms with Crippen molar-refractivity contribution in [1.29, 1.82) is 0 Å². The standard InChI is InChI=1S/C28H36FN5O3/c1-3-4-5-6-10-17-32-19-24-33(26(27(32)36)22-11-8-7-9-12-22)25(35)20-31(2)34(24)28(37)30-18-21-13-15-23(29)16-14-21/h7-9,11-16,24,26H,3-6,10,17-20H2,1-2H3,(H,30,37)/t24-,26-/m0/s1. The molecule has 37 heavy (non-hydrogen) atoms. The predicted molar refractivity (Wildman–Crippen MR) is 138 cm³/mol. The number of hydrogen-bond acceptors (Lipinski definition) is 4. The molecule has 2 fully saturated rings. The fourth-order valence-electron chi connectivity index (χ4n) is 5.12. The molecule has 2 aliphatic heterocycles. The van der Waals surface area contributed by atoms with Crippen molar-refractivity contribution in [2.45, 2.75) is 57.8 Å². The lowest BCUT2D eigenvalue weighted by molar-refractivity contribution is -0.187. The zero-order valence-corrected chi connectivity index (χ0v) is 21.6. The van der Waals surface area contributed by atoms with Crippen LogP contribution in [0.25, 0.3) is 0 Å². The molecule has 1 N–H and O–H groups in total. The van der Waals surface area contributed by atoms with Gasteiger partial charge in [0.25, 0.3) is 0 Å². The molecule has 2 aromatic carbocycles. The first-order valence-corrected chi connectivity index (χ1v) is 13.1. The highest BCUT2D eigenvalue weighted by Crippen LogP contribution is 2.34. The predicted octanol–water partition coefficient (Wildman–Crippen LogP) is 3.91. The van der Waals surface area contributed by atoms with E-state index in [-0.39, 0.29) is 43.3 Å². The second-order valence-electron chi connectivity index (χ2n) is 9.74. The van der Waals surface area contributed by atoms with Crippen LogP contribution in [0.15, 0.2) is 54.6 Å². The Morgan fingerprint density at radius 1 is 1.00 bits per heavy atom. The summed E-state index contributed by atoms with van der Waals surface area (Å²) in [6.07, 6.45) is 4.70. The van der Waals surface area contributed by atoms with E-state index in [9.17, 15) is 18.8 Å². The van der Waals surface area contributed by atoms with Gasteiger partial charge in [-0.15, -0.1) is 0 Å². The smallest absolute Gasteiger partial charge is 0.334 e. The lowest BCUT2D eigenvalue weighted by Gasteiger charge is -2.54. The molecule has 8 nitrogen and oxygen atoms in total. The molecule has 0 saturated carbocycles. The van der Waals surface area contributed by atoms with Crippen LogP contribution in [0.2, 0.25) is 0 Å². The molecule has 2 aliphatic rings. The summed E-state index contributed by atoms with van der Waals surface area (Å²) < 4.78 is 13.3. The number of piperazine rings is 1. The number of nitrogens with one attached hydrogen (secondary N) is 1. The number of halogens is 1. The van der Waals surface area contributed by atoms with Gasteiger partial charge in [0.1, 0.15) is 18.0 Å². The van der Waals surface area contributed by atoms with Crippen LogP contribution >= 0.6 is 0 Å². The topological polar surface area (TPSA) is 76.2 Å². The van der Waals surface area contributed by atoms with Gasteiger partial charge in [-0.25, -0.2) is 19.2 Å². The Balaban J connectivity index is 1.58. The summed E-state index contributed by atoms with van der Waals surface area (Å²) >= 11 is 0. The van der Waals surface area contributed by atoms with Gasteiger partial charge in [0.2, 0.25) is 11.8 Å². The van der Waals surface area contributed by atoms with Gasteiger partial charge >= 0.3 is 6.03 Å². The number of unbranched alkanes of at least 4 members (excludes halogenated alkanes) is 4. The Morgan fingerprint density at radius 2 is 1.70 bits per heavy atom. The largest absolute Gasteiger partial charge is 0.337 e. The monoisotopic (exact) mass is 509 g/mol. The third-order valence-electron chi connectivity index (χ3n) is 7.04. The molecule has 2 saturated heterocycles. The van der Waals surface area contributed by atoms with E-state index < -0.39 is 12.2 Å². The molecule has 0 spiro atoms. The number of hydrogen-bond donors (Lipinski definition) is 1. The average molecular weight is 510 g/mol. The van der Waals surface area contributed by atoms with Gasteiger partial charge in [-0.2, -0.15) is 0 Å². The van der Waals surface area contributed by atoms with E-state index in [4.69, 9.17) is 0 Å². The molecule has 2 aromatic rings. The summed E-state index contributed by atoms with van der Waals surface area (Å²) in [6, 6.07) is 14.1. The molecular weight excluding hydrogens is 473 g/mol. The molecule has 0 bridgehead atoms. The number of urea groups is 1. The summed E-state index contributed by atoms with van der Waals surface area (Å²) in [5.74, 6) is -0.643. The molecule has 4 amide bonds. The summed E-state index contributed by atoms with van der Waals surface area (Å²) in [5, 5.41) is 6.05. The minimum atomic E-state index is -0.788. The molecule has 0 aromatic heterocycles. The maximum atomic E-state index is 13.7. The zero-order valence-electron chi connectivity index (χ0n) is 21.6. The molecule has 9 heteroatoms. The van der Waals surface area contributed by atoms with Gasteiger partial charge in [0.05, 0.1) is 13.1 Å². The van der Waals surface area contributed by atoms with Crippen molar-refractivity contribution in [3.8, 4) is 0 Å². The van der Waals surface area contributed by atoms with E-state index in [1.54, 1.807) is 34.0 Å². The van der Waals surface area contributed by atoms with Gasteiger partial charge < -0.3 is 15.1 Å². The Bertz CT molecular complexity index is 1080. The normalized spacial score (nSPS) is 20.2. The Kier molecular flexibility index (Phi) is 8.76. The number of benzene rings is 2. The van der Waals surface area contributed by atoms with Crippen LogP contribution in [0, 0.1) is 5.82 Å². The Labute approximate surface area is 218 Å². The fourth-order valence-corrected chi connectivity index (χ4v) is 5.12. The summed E-state index contributed by atoms with van der Waals surface area (Å²) in [7, 11) is 1.70. The number of hydrazine groups is 1. The molecule has 0 aliphatic carbocycles. The number of fused-ring (bicyclic) bond motifs is 1. The maximum Gasteiger partial charge on any atom is 0.334 e. The van der Waals surface area contributed by atoms with E-state index in [1.165, 1.54) is 17.1 Å². The average Bonchev–Trinajstić information content (AvgIpc) is 2.89. The second-order valence-corrected chi connectivity index (χ2v) is 9.74. The van der Waals surface area contributed by atoms with Crippen LogP contribution in [0.4, 0.5) is 9.18 Å². The van der Waals surface area contributed by atoms with Crippen molar-refractivity contribution < 1.29 is 18.8 Å². The minimum absolute atomic E-state index is 0.0197. The van der Waals surface area contributed by atoms with Crippen molar-refractivity contribution in [2.24, 2.45) is 0 Å². The van der Waals surface area contributed by atoms with Crippen LogP contribution in [0.1, 0.15) is 56.2 Å². The summed E-state index contributed by atoms with van der Waals surface area (Å²) in [5.41, 5.74) is 1.50. The van der Waals surface area contributed by atoms with Gasteiger partial charge in [-0.05, 0) is 29.7 Å². The molecule has 4 rings (SSSR count). The Morgan fingerprint density at radius 3 is 2.41 bits per heavy atom. The molecular formula is C28H36FN5O3. The molecule has 2 atom stereocenters. The highest BCUT2D eigenvalue weighted by molar-refractivity contribution is 5.92. The Hall–Kier alpha value is -3.46. The number of likely N-dealkylation sites (N-methyl/N-ethyl adjacent to an activating group) is 1. The highest BCUT2D eigenvalue weighted by Gasteiger charge is 2.51. The molecule has 0 radical (unpaired) electrons. The van der Waals surface area contributed by atoms with Crippen LogP contribution in [-0.2, 0) is 16.1 Å². The van der Waals surface area contributed by atoms with Crippen LogP contribution in [0.5, 0.6) is 0 Å². The summed E-state index contributed by atoms with van der Waals surface area (Å²) in [6.45, 7) is 3.19. The summed E-state index contributed by atoms with van der Waals surface area (Å²) in [4.78, 5) is 43.8. The van der Waals surface area contributed by atoms with E-state index >= 15 is 0 Å². The number of rotatable bonds is 9. The van der Waals surface area contributed by atoms with Crippen LogP contribution in [0.3, 0.4) is 0 Å². The van der Waals surface area contributed by atoms with E-state index in [0.29, 0.717) is 6.54 Å². The van der Waals surface area contributed by atoms with E-state index in [1.807, 2.05) is 30.3 Å². The maximum absolute atomic E-state index is 13.7.